The zero-order chi connectivity index (χ0) is 16.5. The van der Waals surface area contributed by atoms with Gasteiger partial charge in [0.05, 0.1) is 0 Å². The van der Waals surface area contributed by atoms with E-state index in [4.69, 9.17) is 10.7 Å². The number of halogens is 3. The molecule has 0 unspecified atom stereocenters. The molecule has 0 aliphatic carbocycles. The van der Waals surface area contributed by atoms with Gasteiger partial charge in [0.15, 0.2) is 10.1 Å². The Hall–Kier alpha value is -0.250. The maximum Gasteiger partial charge on any atom is 0.280 e. The summed E-state index contributed by atoms with van der Waals surface area (Å²) in [4.78, 5) is 7.40. The van der Waals surface area contributed by atoms with Crippen molar-refractivity contribution in [3.63, 3.8) is 0 Å². The predicted molar refractivity (Wildman–Crippen MR) is 97.8 cm³/mol. The van der Waals surface area contributed by atoms with E-state index in [2.05, 4.69) is 14.7 Å². The van der Waals surface area contributed by atoms with Crippen molar-refractivity contribution in [2.24, 2.45) is 0 Å². The SMILES string of the molecule is O=S(=O)(Cl)c1nccc(I)c1NS(=O)(=O)c1cc(I)ccn1. The number of nitrogens with one attached hydrogen (secondary N) is 1. The molecule has 0 amide bonds. The van der Waals surface area contributed by atoms with E-state index in [1.165, 1.54) is 24.5 Å². The van der Waals surface area contributed by atoms with Crippen molar-refractivity contribution in [3.8, 4) is 0 Å². The Morgan fingerprint density at radius 1 is 1.05 bits per heavy atom. The lowest BCUT2D eigenvalue weighted by Crippen LogP contribution is -2.17. The molecule has 0 aliphatic rings. The van der Waals surface area contributed by atoms with Gasteiger partial charge in [0.1, 0.15) is 5.69 Å². The van der Waals surface area contributed by atoms with E-state index in [1.807, 2.05) is 22.6 Å². The normalized spacial score (nSPS) is 12.1. The molecule has 7 nitrogen and oxygen atoms in total. The minimum atomic E-state index is -4.21. The highest BCUT2D eigenvalue weighted by molar-refractivity contribution is 14.1. The van der Waals surface area contributed by atoms with Crippen LogP contribution in [0.2, 0.25) is 0 Å². The van der Waals surface area contributed by atoms with Crippen LogP contribution in [0.1, 0.15) is 0 Å². The Morgan fingerprint density at radius 2 is 1.68 bits per heavy atom. The number of pyridine rings is 2. The smallest absolute Gasteiger partial charge is 0.274 e. The summed E-state index contributed by atoms with van der Waals surface area (Å²) in [6, 6.07) is 4.43. The molecule has 0 saturated carbocycles. The van der Waals surface area contributed by atoms with Crippen LogP contribution >= 0.6 is 55.9 Å². The van der Waals surface area contributed by atoms with Crippen LogP contribution < -0.4 is 4.72 Å². The van der Waals surface area contributed by atoms with E-state index in [1.54, 1.807) is 28.7 Å². The number of nitrogens with zero attached hydrogens (tertiary/aromatic N) is 2. The van der Waals surface area contributed by atoms with Crippen LogP contribution in [-0.4, -0.2) is 26.8 Å². The second-order valence-corrected chi connectivity index (χ2v) is 10.3. The highest BCUT2D eigenvalue weighted by Crippen LogP contribution is 2.29. The van der Waals surface area contributed by atoms with Crippen LogP contribution in [0.4, 0.5) is 5.69 Å². The Balaban J connectivity index is 2.56. The predicted octanol–water partition coefficient (Wildman–Crippen LogP) is 2.41. The lowest BCUT2D eigenvalue weighted by molar-refractivity contribution is 0.597. The summed E-state index contributed by atoms with van der Waals surface area (Å²) in [6.07, 6.45) is 2.56. The molecule has 2 rings (SSSR count). The molecule has 118 valence electrons. The Bertz CT molecular complexity index is 935. The second kappa shape index (κ2) is 6.70. The summed E-state index contributed by atoms with van der Waals surface area (Å²) in [7, 11) is -3.00. The topological polar surface area (TPSA) is 106 Å². The minimum Gasteiger partial charge on any atom is -0.274 e. The molecule has 0 fully saturated rings. The van der Waals surface area contributed by atoms with Gasteiger partial charge in [-0.25, -0.2) is 18.4 Å². The number of anilines is 1. The molecule has 0 bridgehead atoms. The number of hydrogen-bond donors (Lipinski definition) is 1. The van der Waals surface area contributed by atoms with E-state index >= 15 is 0 Å². The van der Waals surface area contributed by atoms with Gasteiger partial charge in [-0.2, -0.15) is 8.42 Å². The average Bonchev–Trinajstić information content (AvgIpc) is 2.39. The van der Waals surface area contributed by atoms with E-state index in [-0.39, 0.29) is 10.7 Å². The first kappa shape index (κ1) is 18.1. The van der Waals surface area contributed by atoms with Gasteiger partial charge in [0.2, 0.25) is 0 Å². The third-order valence-electron chi connectivity index (χ3n) is 2.30. The highest BCUT2D eigenvalue weighted by Gasteiger charge is 2.25. The Labute approximate surface area is 158 Å². The fourth-order valence-corrected chi connectivity index (χ4v) is 5.07. The van der Waals surface area contributed by atoms with Crippen LogP contribution in [-0.2, 0) is 19.1 Å². The molecule has 12 heteroatoms. The minimum absolute atomic E-state index is 0.209. The van der Waals surface area contributed by atoms with Gasteiger partial charge in [-0.05, 0) is 63.4 Å². The molecule has 0 atom stereocenters. The zero-order valence-corrected chi connectivity index (χ0v) is 17.1. The van der Waals surface area contributed by atoms with Crippen LogP contribution in [0, 0.1) is 7.14 Å². The summed E-state index contributed by atoms with van der Waals surface area (Å²) >= 11 is 3.72. The van der Waals surface area contributed by atoms with Gasteiger partial charge >= 0.3 is 0 Å². The van der Waals surface area contributed by atoms with Crippen LogP contribution in [0.15, 0.2) is 40.6 Å². The molecule has 22 heavy (non-hydrogen) atoms. The third-order valence-corrected chi connectivity index (χ3v) is 6.33. The zero-order valence-electron chi connectivity index (χ0n) is 10.4. The van der Waals surface area contributed by atoms with Crippen molar-refractivity contribution in [2.45, 2.75) is 10.1 Å². The van der Waals surface area contributed by atoms with Crippen molar-refractivity contribution in [2.75, 3.05) is 4.72 Å². The van der Waals surface area contributed by atoms with Crippen molar-refractivity contribution in [1.82, 2.24) is 9.97 Å². The number of aromatic nitrogens is 2. The number of rotatable bonds is 4. The largest absolute Gasteiger partial charge is 0.280 e. The fourth-order valence-electron chi connectivity index (χ4n) is 1.42. The maximum atomic E-state index is 12.3. The van der Waals surface area contributed by atoms with Crippen molar-refractivity contribution >= 4 is 80.6 Å². The highest BCUT2D eigenvalue weighted by atomic mass is 127. The van der Waals surface area contributed by atoms with Gasteiger partial charge in [0, 0.05) is 30.2 Å². The van der Waals surface area contributed by atoms with E-state index < -0.39 is 24.1 Å². The average molecular weight is 586 g/mol. The molecule has 0 radical (unpaired) electrons. The van der Waals surface area contributed by atoms with Crippen molar-refractivity contribution in [3.05, 3.63) is 37.7 Å². The summed E-state index contributed by atoms with van der Waals surface area (Å²) in [5.41, 5.74) is -0.209. The summed E-state index contributed by atoms with van der Waals surface area (Å²) in [5.74, 6) is 0. The first-order valence-corrected chi connectivity index (χ1v) is 11.3. The van der Waals surface area contributed by atoms with Gasteiger partial charge in [-0.3, -0.25) is 4.72 Å². The first-order chi connectivity index (χ1) is 10.1. The van der Waals surface area contributed by atoms with Crippen molar-refractivity contribution in [1.29, 1.82) is 0 Å². The van der Waals surface area contributed by atoms with E-state index in [9.17, 15) is 16.8 Å². The molecule has 1 N–H and O–H groups in total. The lowest BCUT2D eigenvalue weighted by atomic mass is 10.4. The monoisotopic (exact) mass is 585 g/mol. The molecule has 0 aliphatic heterocycles. The molecular weight excluding hydrogens is 580 g/mol. The third kappa shape index (κ3) is 4.18. The van der Waals surface area contributed by atoms with Crippen molar-refractivity contribution < 1.29 is 16.8 Å². The molecule has 0 aromatic carbocycles. The quantitative estimate of drug-likeness (QED) is 0.437. The molecule has 2 aromatic heterocycles. The maximum absolute atomic E-state index is 12.3. The molecule has 2 aromatic rings. The summed E-state index contributed by atoms with van der Waals surface area (Å²) in [5, 5.41) is -0.799. The lowest BCUT2D eigenvalue weighted by Gasteiger charge is -2.11. The van der Waals surface area contributed by atoms with Crippen LogP contribution in [0.3, 0.4) is 0 Å². The summed E-state index contributed by atoms with van der Waals surface area (Å²) in [6.45, 7) is 0. The van der Waals surface area contributed by atoms with Gasteiger partial charge in [0.25, 0.3) is 19.1 Å². The first-order valence-electron chi connectivity index (χ1n) is 5.35. The fraction of sp³-hybridized carbons (Fsp3) is 0. The molecular formula is C10H6ClI2N3O4S2. The van der Waals surface area contributed by atoms with E-state index in [0.717, 1.165) is 0 Å². The van der Waals surface area contributed by atoms with Crippen LogP contribution in [0.25, 0.3) is 0 Å². The molecule has 0 spiro atoms. The van der Waals surface area contributed by atoms with Crippen LogP contribution in [0.5, 0.6) is 0 Å². The molecule has 2 heterocycles. The second-order valence-electron chi connectivity index (χ2n) is 3.83. The number of sulfonamides is 1. The van der Waals surface area contributed by atoms with Gasteiger partial charge in [-0.1, -0.05) is 0 Å². The Kier molecular flexibility index (Phi) is 5.51. The number of hydrogen-bond acceptors (Lipinski definition) is 6. The van der Waals surface area contributed by atoms with Gasteiger partial charge in [-0.15, -0.1) is 0 Å². The summed E-state index contributed by atoms with van der Waals surface area (Å²) < 4.78 is 50.9. The van der Waals surface area contributed by atoms with Gasteiger partial charge < -0.3 is 0 Å². The molecule has 0 saturated heterocycles. The Morgan fingerprint density at radius 3 is 2.27 bits per heavy atom. The standard InChI is InChI=1S/C10H6ClI2N3O4S2/c11-21(17,18)10-9(7(13)2-4-15-10)16-22(19,20)8-5-6(12)1-3-14-8/h1-5,16H. The van der Waals surface area contributed by atoms with E-state index in [0.29, 0.717) is 7.14 Å².